The minimum absolute atomic E-state index is 0.0921. The van der Waals surface area contributed by atoms with Gasteiger partial charge in [0.15, 0.2) is 0 Å². The number of pyridine rings is 1. The van der Waals surface area contributed by atoms with Crippen molar-refractivity contribution in [2.24, 2.45) is 11.8 Å². The van der Waals surface area contributed by atoms with Gasteiger partial charge in [-0.05, 0) is 46.7 Å². The van der Waals surface area contributed by atoms with Crippen LogP contribution in [0.3, 0.4) is 0 Å². The van der Waals surface area contributed by atoms with E-state index in [0.717, 1.165) is 12.5 Å². The highest BCUT2D eigenvalue weighted by molar-refractivity contribution is 5.56. The minimum atomic E-state index is -0.454. The third-order valence-corrected chi connectivity index (χ3v) is 3.00. The molecule has 0 amide bonds. The van der Waals surface area contributed by atoms with Gasteiger partial charge in [-0.3, -0.25) is 0 Å². The summed E-state index contributed by atoms with van der Waals surface area (Å²) in [5.74, 6) is 1.27. The van der Waals surface area contributed by atoms with Gasteiger partial charge in [-0.2, -0.15) is 0 Å². The van der Waals surface area contributed by atoms with Crippen molar-refractivity contribution >= 4 is 11.5 Å². The van der Waals surface area contributed by atoms with E-state index in [-0.39, 0.29) is 5.82 Å². The molecule has 1 atom stereocenters. The number of rotatable bonds is 5. The van der Waals surface area contributed by atoms with Gasteiger partial charge in [-0.1, -0.05) is 6.92 Å². The largest absolute Gasteiger partial charge is 0.386 e. The molecule has 16 heavy (non-hydrogen) atoms. The van der Waals surface area contributed by atoms with Crippen molar-refractivity contribution in [1.82, 2.24) is 4.98 Å². The predicted molar refractivity (Wildman–Crippen MR) is 61.3 cm³/mol. The summed E-state index contributed by atoms with van der Waals surface area (Å²) in [6.45, 7) is 2.95. The van der Waals surface area contributed by atoms with Crippen LogP contribution < -0.4 is 5.32 Å². The van der Waals surface area contributed by atoms with E-state index in [4.69, 9.17) is 0 Å². The molecule has 1 aromatic heterocycles. The van der Waals surface area contributed by atoms with Gasteiger partial charge < -0.3 is 15.4 Å². The summed E-state index contributed by atoms with van der Waals surface area (Å²) in [6.07, 6.45) is 4.02. The Morgan fingerprint density at radius 1 is 1.69 bits per heavy atom. The van der Waals surface area contributed by atoms with E-state index < -0.39 is 4.92 Å². The third-order valence-electron chi connectivity index (χ3n) is 3.00. The van der Waals surface area contributed by atoms with E-state index >= 15 is 0 Å². The Kier molecular flexibility index (Phi) is 3.03. The maximum Gasteiger partial charge on any atom is 0.386 e. The number of hydrogen-bond acceptors (Lipinski definition) is 4. The summed E-state index contributed by atoms with van der Waals surface area (Å²) in [6, 6.07) is 3.40. The van der Waals surface area contributed by atoms with Crippen molar-refractivity contribution in [3.05, 3.63) is 28.4 Å². The van der Waals surface area contributed by atoms with E-state index in [0.29, 0.717) is 11.6 Å². The molecule has 2 rings (SSSR count). The van der Waals surface area contributed by atoms with E-state index in [1.54, 1.807) is 12.1 Å². The average Bonchev–Trinajstić information content (AvgIpc) is 3.10. The second-order valence-corrected chi connectivity index (χ2v) is 4.33. The minimum Gasteiger partial charge on any atom is -0.378 e. The first kappa shape index (κ1) is 10.9. The zero-order chi connectivity index (χ0) is 11.5. The standard InChI is InChI=1S/C11H15N3O2/c1-8(9-4-5-9)7-13-10-3-2-6-12-11(10)14(15)16/h2-3,6,8-9,13H,4-5,7H2,1H3. The molecule has 1 unspecified atom stereocenters. The van der Waals surface area contributed by atoms with Crippen LogP contribution in [0.4, 0.5) is 11.5 Å². The number of hydrogen-bond donors (Lipinski definition) is 1. The summed E-state index contributed by atoms with van der Waals surface area (Å²) >= 11 is 0. The van der Waals surface area contributed by atoms with Crippen LogP contribution in [0.2, 0.25) is 0 Å². The molecule has 1 saturated carbocycles. The van der Waals surface area contributed by atoms with Crippen LogP contribution in [0.25, 0.3) is 0 Å². The van der Waals surface area contributed by atoms with Gasteiger partial charge in [0.1, 0.15) is 11.9 Å². The highest BCUT2D eigenvalue weighted by Gasteiger charge is 2.28. The summed E-state index contributed by atoms with van der Waals surface area (Å²) < 4.78 is 0. The Morgan fingerprint density at radius 2 is 2.44 bits per heavy atom. The van der Waals surface area contributed by atoms with Crippen LogP contribution in [-0.4, -0.2) is 16.5 Å². The second kappa shape index (κ2) is 4.47. The summed E-state index contributed by atoms with van der Waals surface area (Å²) in [5.41, 5.74) is 0.514. The first-order chi connectivity index (χ1) is 7.68. The fourth-order valence-electron chi connectivity index (χ4n) is 1.78. The quantitative estimate of drug-likeness (QED) is 0.612. The Morgan fingerprint density at radius 3 is 3.06 bits per heavy atom. The Hall–Kier alpha value is -1.65. The highest BCUT2D eigenvalue weighted by atomic mass is 16.6. The molecular formula is C11H15N3O2. The van der Waals surface area contributed by atoms with Gasteiger partial charge in [0.25, 0.3) is 0 Å². The highest BCUT2D eigenvalue weighted by Crippen LogP contribution is 2.36. The topological polar surface area (TPSA) is 68.1 Å². The zero-order valence-electron chi connectivity index (χ0n) is 9.22. The lowest BCUT2D eigenvalue weighted by Crippen LogP contribution is -2.14. The van der Waals surface area contributed by atoms with E-state index in [1.165, 1.54) is 19.0 Å². The smallest absolute Gasteiger partial charge is 0.378 e. The number of nitrogens with one attached hydrogen (secondary N) is 1. The molecule has 1 aliphatic rings. The molecule has 1 aromatic rings. The second-order valence-electron chi connectivity index (χ2n) is 4.33. The van der Waals surface area contributed by atoms with Crippen molar-refractivity contribution < 1.29 is 4.92 Å². The molecule has 1 fully saturated rings. The molecule has 0 saturated heterocycles. The number of nitrogens with zero attached hydrogens (tertiary/aromatic N) is 2. The number of anilines is 1. The summed E-state index contributed by atoms with van der Waals surface area (Å²) in [7, 11) is 0. The van der Waals surface area contributed by atoms with Crippen LogP contribution in [0.1, 0.15) is 19.8 Å². The van der Waals surface area contributed by atoms with Crippen molar-refractivity contribution in [3.8, 4) is 0 Å². The SMILES string of the molecule is CC(CNc1cccnc1[N+](=O)[O-])C1CC1. The zero-order valence-corrected chi connectivity index (χ0v) is 9.22. The Bertz CT molecular complexity index is 391. The van der Waals surface area contributed by atoms with Crippen molar-refractivity contribution in [1.29, 1.82) is 0 Å². The molecule has 5 nitrogen and oxygen atoms in total. The number of aromatic nitrogens is 1. The normalized spacial score (nSPS) is 16.8. The van der Waals surface area contributed by atoms with Gasteiger partial charge in [0, 0.05) is 6.54 Å². The van der Waals surface area contributed by atoms with E-state index in [1.807, 2.05) is 0 Å². The monoisotopic (exact) mass is 221 g/mol. The molecule has 86 valence electrons. The van der Waals surface area contributed by atoms with Gasteiger partial charge in [0.2, 0.25) is 0 Å². The molecule has 0 radical (unpaired) electrons. The molecule has 0 spiro atoms. The fourth-order valence-corrected chi connectivity index (χ4v) is 1.78. The van der Waals surface area contributed by atoms with Gasteiger partial charge in [-0.15, -0.1) is 0 Å². The Balaban J connectivity index is 1.99. The fraction of sp³-hybridized carbons (Fsp3) is 0.545. The maximum atomic E-state index is 10.7. The molecule has 1 heterocycles. The lowest BCUT2D eigenvalue weighted by Gasteiger charge is -2.11. The number of nitro groups is 1. The van der Waals surface area contributed by atoms with E-state index in [9.17, 15) is 10.1 Å². The van der Waals surface area contributed by atoms with Crippen molar-refractivity contribution in [2.45, 2.75) is 19.8 Å². The van der Waals surface area contributed by atoms with Gasteiger partial charge in [0.05, 0.1) is 0 Å². The summed E-state index contributed by atoms with van der Waals surface area (Å²) in [4.78, 5) is 14.0. The van der Waals surface area contributed by atoms with Crippen molar-refractivity contribution in [2.75, 3.05) is 11.9 Å². The molecule has 0 aromatic carbocycles. The van der Waals surface area contributed by atoms with Crippen molar-refractivity contribution in [3.63, 3.8) is 0 Å². The Labute approximate surface area is 94.0 Å². The summed E-state index contributed by atoms with van der Waals surface area (Å²) in [5, 5.41) is 13.8. The van der Waals surface area contributed by atoms with E-state index in [2.05, 4.69) is 17.2 Å². The van der Waals surface area contributed by atoms with Crippen LogP contribution in [0.15, 0.2) is 18.3 Å². The van der Waals surface area contributed by atoms with Gasteiger partial charge >= 0.3 is 5.82 Å². The average molecular weight is 221 g/mol. The first-order valence-corrected chi connectivity index (χ1v) is 5.51. The predicted octanol–water partition coefficient (Wildman–Crippen LogP) is 2.45. The van der Waals surface area contributed by atoms with Crippen LogP contribution in [0, 0.1) is 22.0 Å². The molecule has 0 aliphatic heterocycles. The van der Waals surface area contributed by atoms with Crippen LogP contribution in [0.5, 0.6) is 0 Å². The molecular weight excluding hydrogens is 206 g/mol. The maximum absolute atomic E-state index is 10.7. The van der Waals surface area contributed by atoms with Crippen LogP contribution >= 0.6 is 0 Å². The lowest BCUT2D eigenvalue weighted by molar-refractivity contribution is -0.388. The molecule has 1 N–H and O–H groups in total. The first-order valence-electron chi connectivity index (χ1n) is 5.51. The van der Waals surface area contributed by atoms with Gasteiger partial charge in [-0.25, -0.2) is 0 Å². The molecule has 0 bridgehead atoms. The molecule has 1 aliphatic carbocycles. The molecule has 5 heteroatoms. The third kappa shape index (κ3) is 2.48. The van der Waals surface area contributed by atoms with Crippen LogP contribution in [-0.2, 0) is 0 Å². The lowest BCUT2D eigenvalue weighted by atomic mass is 10.1.